The van der Waals surface area contributed by atoms with Crippen molar-refractivity contribution in [1.82, 2.24) is 5.32 Å². The Labute approximate surface area is 98.7 Å². The Hall–Kier alpha value is 0.210. The molecule has 0 amide bonds. The van der Waals surface area contributed by atoms with Crippen LogP contribution in [0.5, 0.6) is 0 Å². The molecule has 1 rings (SSSR count). The highest BCUT2D eigenvalue weighted by atomic mass is 35.5. The van der Waals surface area contributed by atoms with Gasteiger partial charge >= 0.3 is 0 Å². The van der Waals surface area contributed by atoms with Crippen molar-refractivity contribution in [1.29, 1.82) is 0 Å². The predicted octanol–water partition coefficient (Wildman–Crippen LogP) is 2.94. The van der Waals surface area contributed by atoms with E-state index in [0.717, 1.165) is 12.8 Å². The zero-order valence-electron chi connectivity index (χ0n) is 10.1. The van der Waals surface area contributed by atoms with Gasteiger partial charge in [0, 0.05) is 24.6 Å². The summed E-state index contributed by atoms with van der Waals surface area (Å²) in [6.45, 7) is 4.27. The van der Waals surface area contributed by atoms with E-state index < -0.39 is 0 Å². The van der Waals surface area contributed by atoms with Gasteiger partial charge in [-0.05, 0) is 46.0 Å². The van der Waals surface area contributed by atoms with Crippen LogP contribution in [0.3, 0.4) is 0 Å². The molecule has 0 saturated heterocycles. The largest absolute Gasteiger partial charge is 0.381 e. The third kappa shape index (κ3) is 5.19. The zero-order chi connectivity index (χ0) is 11.3. The van der Waals surface area contributed by atoms with Crippen LogP contribution in [-0.4, -0.2) is 30.7 Å². The van der Waals surface area contributed by atoms with E-state index in [2.05, 4.69) is 19.2 Å². The Balaban J connectivity index is 2.25. The fourth-order valence-corrected chi connectivity index (χ4v) is 2.74. The fourth-order valence-electron chi connectivity index (χ4n) is 2.47. The summed E-state index contributed by atoms with van der Waals surface area (Å²) in [6.07, 6.45) is 6.42. The van der Waals surface area contributed by atoms with Crippen LogP contribution in [0, 0.1) is 0 Å². The van der Waals surface area contributed by atoms with Crippen LogP contribution in [-0.2, 0) is 4.74 Å². The lowest BCUT2D eigenvalue weighted by Crippen LogP contribution is -2.42. The van der Waals surface area contributed by atoms with E-state index in [1.165, 1.54) is 19.3 Å². The van der Waals surface area contributed by atoms with Crippen molar-refractivity contribution in [2.24, 2.45) is 0 Å². The summed E-state index contributed by atoms with van der Waals surface area (Å²) < 4.78 is 5.42. The molecule has 0 aromatic heterocycles. The third-order valence-corrected chi connectivity index (χ3v) is 3.34. The molecule has 1 fully saturated rings. The lowest BCUT2D eigenvalue weighted by atomic mass is 9.92. The molecule has 0 radical (unpaired) electrons. The molecule has 1 N–H and O–H groups in total. The summed E-state index contributed by atoms with van der Waals surface area (Å²) in [6, 6.07) is 1.13. The standard InChI is InChI=1S/C12H24ClNO/c1-9(13)7-10(2)14-11-5-4-6-12(8-11)15-3/h9-12,14H,4-8H2,1-3H3. The quantitative estimate of drug-likeness (QED) is 0.738. The number of halogens is 1. The molecule has 0 spiro atoms. The van der Waals surface area contributed by atoms with Crippen LogP contribution < -0.4 is 5.32 Å². The lowest BCUT2D eigenvalue weighted by Gasteiger charge is -2.31. The monoisotopic (exact) mass is 233 g/mol. The maximum atomic E-state index is 5.98. The van der Waals surface area contributed by atoms with Gasteiger partial charge in [-0.1, -0.05) is 0 Å². The van der Waals surface area contributed by atoms with E-state index in [-0.39, 0.29) is 5.38 Å². The number of alkyl halides is 1. The van der Waals surface area contributed by atoms with Crippen molar-refractivity contribution in [3.63, 3.8) is 0 Å². The van der Waals surface area contributed by atoms with Gasteiger partial charge in [-0.3, -0.25) is 0 Å². The van der Waals surface area contributed by atoms with Gasteiger partial charge in [-0.25, -0.2) is 0 Å². The predicted molar refractivity (Wildman–Crippen MR) is 65.6 cm³/mol. The Morgan fingerprint density at radius 3 is 2.73 bits per heavy atom. The second-order valence-corrected chi connectivity index (χ2v) is 5.55. The van der Waals surface area contributed by atoms with E-state index in [1.807, 2.05) is 7.11 Å². The highest BCUT2D eigenvalue weighted by Gasteiger charge is 2.22. The van der Waals surface area contributed by atoms with E-state index in [9.17, 15) is 0 Å². The molecule has 4 unspecified atom stereocenters. The van der Waals surface area contributed by atoms with E-state index in [4.69, 9.17) is 16.3 Å². The first-order chi connectivity index (χ1) is 7.11. The third-order valence-electron chi connectivity index (χ3n) is 3.16. The molecule has 15 heavy (non-hydrogen) atoms. The number of nitrogens with one attached hydrogen (secondary N) is 1. The molecule has 2 nitrogen and oxygen atoms in total. The average Bonchev–Trinajstić information content (AvgIpc) is 2.16. The molecule has 0 heterocycles. The van der Waals surface area contributed by atoms with E-state index >= 15 is 0 Å². The molecule has 90 valence electrons. The first-order valence-corrected chi connectivity index (χ1v) is 6.48. The lowest BCUT2D eigenvalue weighted by molar-refractivity contribution is 0.0571. The van der Waals surface area contributed by atoms with Crippen LogP contribution in [0.1, 0.15) is 46.0 Å². The first-order valence-electron chi connectivity index (χ1n) is 6.04. The Bertz CT molecular complexity index is 175. The normalized spacial score (nSPS) is 31.2. The molecule has 1 aliphatic carbocycles. The van der Waals surface area contributed by atoms with Gasteiger partial charge in [0.15, 0.2) is 0 Å². The van der Waals surface area contributed by atoms with Crippen LogP contribution in [0.2, 0.25) is 0 Å². The van der Waals surface area contributed by atoms with Crippen molar-refractivity contribution in [3.05, 3.63) is 0 Å². The molecule has 0 aromatic rings. The first kappa shape index (κ1) is 13.3. The summed E-state index contributed by atoms with van der Waals surface area (Å²) in [5.74, 6) is 0. The number of ether oxygens (including phenoxy) is 1. The van der Waals surface area contributed by atoms with Gasteiger partial charge in [0.05, 0.1) is 6.10 Å². The Morgan fingerprint density at radius 2 is 2.13 bits per heavy atom. The smallest absolute Gasteiger partial charge is 0.0586 e. The van der Waals surface area contributed by atoms with Crippen LogP contribution in [0.15, 0.2) is 0 Å². The Morgan fingerprint density at radius 1 is 1.40 bits per heavy atom. The molecule has 0 aliphatic heterocycles. The van der Waals surface area contributed by atoms with Crippen LogP contribution >= 0.6 is 11.6 Å². The summed E-state index contributed by atoms with van der Waals surface area (Å²) in [4.78, 5) is 0. The van der Waals surface area contributed by atoms with Crippen molar-refractivity contribution in [3.8, 4) is 0 Å². The van der Waals surface area contributed by atoms with Crippen molar-refractivity contribution in [2.45, 2.75) is 69.5 Å². The molecule has 1 aliphatic rings. The minimum atomic E-state index is 0.259. The van der Waals surface area contributed by atoms with Crippen LogP contribution in [0.4, 0.5) is 0 Å². The minimum Gasteiger partial charge on any atom is -0.381 e. The number of hydrogen-bond donors (Lipinski definition) is 1. The van der Waals surface area contributed by atoms with Gasteiger partial charge in [-0.2, -0.15) is 0 Å². The van der Waals surface area contributed by atoms with Crippen molar-refractivity contribution >= 4 is 11.6 Å². The molecule has 1 saturated carbocycles. The van der Waals surface area contributed by atoms with Crippen molar-refractivity contribution < 1.29 is 4.74 Å². The van der Waals surface area contributed by atoms with E-state index in [0.29, 0.717) is 18.2 Å². The van der Waals surface area contributed by atoms with E-state index in [1.54, 1.807) is 0 Å². The molecule has 0 aromatic carbocycles. The molecule has 0 bridgehead atoms. The molecule has 3 heteroatoms. The molecule has 4 atom stereocenters. The molecular weight excluding hydrogens is 210 g/mol. The van der Waals surface area contributed by atoms with Gasteiger partial charge in [0.2, 0.25) is 0 Å². The fraction of sp³-hybridized carbons (Fsp3) is 1.00. The summed E-state index contributed by atoms with van der Waals surface area (Å²) in [5, 5.41) is 3.91. The maximum Gasteiger partial charge on any atom is 0.0586 e. The number of methoxy groups -OCH3 is 1. The van der Waals surface area contributed by atoms with Gasteiger partial charge < -0.3 is 10.1 Å². The summed E-state index contributed by atoms with van der Waals surface area (Å²) >= 11 is 5.98. The number of rotatable bonds is 5. The zero-order valence-corrected chi connectivity index (χ0v) is 10.9. The molecular formula is C12H24ClNO. The minimum absolute atomic E-state index is 0.259. The highest BCUT2D eigenvalue weighted by Crippen LogP contribution is 2.21. The average molecular weight is 234 g/mol. The SMILES string of the molecule is COC1CCCC(NC(C)CC(C)Cl)C1. The second kappa shape index (κ2) is 6.72. The summed E-state index contributed by atoms with van der Waals surface area (Å²) in [7, 11) is 1.82. The second-order valence-electron chi connectivity index (χ2n) is 4.81. The van der Waals surface area contributed by atoms with Gasteiger partial charge in [0.1, 0.15) is 0 Å². The topological polar surface area (TPSA) is 21.3 Å². The van der Waals surface area contributed by atoms with Gasteiger partial charge in [-0.15, -0.1) is 11.6 Å². The van der Waals surface area contributed by atoms with Crippen molar-refractivity contribution in [2.75, 3.05) is 7.11 Å². The van der Waals surface area contributed by atoms with Gasteiger partial charge in [0.25, 0.3) is 0 Å². The summed E-state index contributed by atoms with van der Waals surface area (Å²) in [5.41, 5.74) is 0. The number of hydrogen-bond acceptors (Lipinski definition) is 2. The Kier molecular flexibility index (Phi) is 5.95. The maximum absolute atomic E-state index is 5.98. The highest BCUT2D eigenvalue weighted by molar-refractivity contribution is 6.20. The van der Waals surface area contributed by atoms with Crippen LogP contribution in [0.25, 0.3) is 0 Å².